The molecule has 0 heterocycles. The molecule has 0 aromatic heterocycles. The Morgan fingerprint density at radius 3 is 1.50 bits per heavy atom. The number of rotatable bonds is 0. The Morgan fingerprint density at radius 2 is 1.50 bits per heavy atom. The van der Waals surface area contributed by atoms with Gasteiger partial charge in [-0.25, -0.2) is 0 Å². The monoisotopic (exact) mass is 92.0 g/mol. The molecule has 0 fully saturated rings. The van der Waals surface area contributed by atoms with Gasteiger partial charge in [-0.2, -0.15) is 8.79 Å². The average Bonchev–Trinajstić information content (AvgIpc) is 0.811. The molecule has 0 aliphatic rings. The van der Waals surface area contributed by atoms with Gasteiger partial charge < -0.3 is 0 Å². The highest BCUT2D eigenvalue weighted by atomic mass is 31.3. The first-order chi connectivity index (χ1) is 1.73. The summed E-state index contributed by atoms with van der Waals surface area (Å²) in [5.74, 6) is 0. The summed E-state index contributed by atoms with van der Waals surface area (Å²) in [5, 5.41) is 0. The Balaban J connectivity index is 2.32. The van der Waals surface area contributed by atoms with Crippen LogP contribution in [0.2, 0.25) is 13.1 Å². The lowest BCUT2D eigenvalue weighted by atomic mass is 11.9. The second-order valence-corrected chi connectivity index (χ2v) is 7.73. The quantitative estimate of drug-likeness (QED) is 0.307. The molecule has 0 amide bonds. The highest BCUT2D eigenvalue weighted by Crippen LogP contribution is 1.85. The second kappa shape index (κ2) is 1.92. The maximum absolute atomic E-state index is 2.80. The Labute approximate surface area is 31.3 Å². The van der Waals surface area contributed by atoms with Gasteiger partial charge in [-0.3, -0.25) is 0 Å². The minimum Gasteiger partial charge on any atom is -0.152 e. The van der Waals surface area contributed by atoms with E-state index in [1.54, 1.807) is 0 Å². The Bertz CT molecular complexity index is 10.8. The Morgan fingerprint density at radius 1 is 1.50 bits per heavy atom. The van der Waals surface area contributed by atoms with Crippen LogP contribution in [-0.2, 0) is 0 Å². The van der Waals surface area contributed by atoms with E-state index >= 15 is 0 Å². The van der Waals surface area contributed by atoms with Crippen molar-refractivity contribution < 1.29 is 0 Å². The van der Waals surface area contributed by atoms with Gasteiger partial charge >= 0.3 is 0 Å². The third-order valence-corrected chi connectivity index (χ3v) is 0. The lowest BCUT2D eigenvalue weighted by Crippen LogP contribution is -1.77. The lowest BCUT2D eigenvalue weighted by molar-refractivity contribution is 2.11. The molecule has 0 radical (unpaired) electrons. The third-order valence-electron chi connectivity index (χ3n) is 0. The smallest absolute Gasteiger partial charge is 0.0519 e. The molecule has 2 heteroatoms. The van der Waals surface area contributed by atoms with Crippen molar-refractivity contribution in [2.75, 3.05) is 0 Å². The van der Waals surface area contributed by atoms with E-state index < -0.39 is 0 Å². The van der Waals surface area contributed by atoms with E-state index in [1.165, 1.54) is 0 Å². The third kappa shape index (κ3) is 17.2. The molecule has 0 rings (SSSR count). The van der Waals surface area contributed by atoms with Crippen molar-refractivity contribution >= 4 is 17.3 Å². The van der Waals surface area contributed by atoms with E-state index in [9.17, 15) is 0 Å². The van der Waals surface area contributed by atoms with Gasteiger partial charge in [0.05, 0.1) is 8.46 Å². The van der Waals surface area contributed by atoms with E-state index in [2.05, 4.69) is 21.9 Å². The van der Waals surface area contributed by atoms with E-state index in [1.807, 2.05) is 0 Å². The first kappa shape index (κ1) is 4.65. The predicted molar refractivity (Wildman–Crippen MR) is 28.6 cm³/mol. The lowest BCUT2D eigenvalue weighted by Gasteiger charge is -1.76. The van der Waals surface area contributed by atoms with Gasteiger partial charge in [-0.1, -0.05) is 13.1 Å². The molecule has 4 heavy (non-hydrogen) atoms. The molecule has 0 saturated heterocycles. The summed E-state index contributed by atoms with van der Waals surface area (Å²) in [4.78, 5) is 0. The Kier molecular flexibility index (Phi) is 2.23. The van der Waals surface area contributed by atoms with Crippen molar-refractivity contribution in [3.63, 3.8) is 0 Å². The molecule has 0 nitrogen and oxygen atoms in total. The van der Waals surface area contributed by atoms with E-state index in [0.717, 1.165) is 0 Å². The fraction of sp³-hybridized carbons (Fsp3) is 1.00. The summed E-state index contributed by atoms with van der Waals surface area (Å²) in [6, 6.07) is 0. The topological polar surface area (TPSA) is 0 Å². The SMILES string of the molecule is C[SiH](C)P. The van der Waals surface area contributed by atoms with Gasteiger partial charge in [0.25, 0.3) is 0 Å². The van der Waals surface area contributed by atoms with Crippen LogP contribution in [0, 0.1) is 0 Å². The van der Waals surface area contributed by atoms with Crippen LogP contribution in [0.4, 0.5) is 0 Å². The van der Waals surface area contributed by atoms with Crippen molar-refractivity contribution in [2.45, 2.75) is 13.1 Å². The van der Waals surface area contributed by atoms with Crippen molar-refractivity contribution in [3.05, 3.63) is 0 Å². The molecular formula is C2H9PSi. The first-order valence-electron chi connectivity index (χ1n) is 1.49. The highest BCUT2D eigenvalue weighted by molar-refractivity contribution is 7.61. The largest absolute Gasteiger partial charge is 0.152 e. The molecular weight excluding hydrogens is 83.1 g/mol. The molecule has 1 atom stereocenters. The highest BCUT2D eigenvalue weighted by Gasteiger charge is 1.71. The summed E-state index contributed by atoms with van der Waals surface area (Å²) in [6.45, 7) is 4.54. The van der Waals surface area contributed by atoms with Crippen molar-refractivity contribution in [2.24, 2.45) is 0 Å². The van der Waals surface area contributed by atoms with Crippen molar-refractivity contribution in [1.82, 2.24) is 0 Å². The second-order valence-electron chi connectivity index (χ2n) is 1.24. The molecule has 0 saturated carbocycles. The molecule has 0 aliphatic heterocycles. The summed E-state index contributed by atoms with van der Waals surface area (Å²) < 4.78 is 0. The van der Waals surface area contributed by atoms with E-state index in [0.29, 0.717) is 0 Å². The summed E-state index contributed by atoms with van der Waals surface area (Å²) in [7, 11) is 2.57. The number of hydrogen-bond acceptors (Lipinski definition) is 0. The zero-order valence-electron chi connectivity index (χ0n) is 3.15. The van der Waals surface area contributed by atoms with E-state index in [-0.39, 0.29) is 8.46 Å². The molecule has 0 spiro atoms. The van der Waals surface area contributed by atoms with Crippen LogP contribution in [0.15, 0.2) is 0 Å². The van der Waals surface area contributed by atoms with Gasteiger partial charge in [0.15, 0.2) is 0 Å². The van der Waals surface area contributed by atoms with Crippen LogP contribution in [0.1, 0.15) is 0 Å². The van der Waals surface area contributed by atoms with Crippen LogP contribution in [0.5, 0.6) is 0 Å². The number of hydrogen-bond donors (Lipinski definition) is 0. The van der Waals surface area contributed by atoms with Gasteiger partial charge in [-0.15, -0.1) is 0 Å². The van der Waals surface area contributed by atoms with Gasteiger partial charge in [0.1, 0.15) is 0 Å². The van der Waals surface area contributed by atoms with Gasteiger partial charge in [0.2, 0.25) is 0 Å². The van der Waals surface area contributed by atoms with Crippen LogP contribution < -0.4 is 0 Å². The predicted octanol–water partition coefficient (Wildman–Crippen LogP) is 0.845. The fourth-order valence-corrected chi connectivity index (χ4v) is 0. The molecule has 0 aliphatic carbocycles. The maximum Gasteiger partial charge on any atom is 0.0519 e. The molecule has 26 valence electrons. The summed E-state index contributed by atoms with van der Waals surface area (Å²) >= 11 is 0. The minimum atomic E-state index is -0.222. The zero-order chi connectivity index (χ0) is 3.58. The molecule has 0 N–H and O–H groups in total. The average molecular weight is 92.2 g/mol. The van der Waals surface area contributed by atoms with Gasteiger partial charge in [0, 0.05) is 0 Å². The fourth-order valence-electron chi connectivity index (χ4n) is 0. The van der Waals surface area contributed by atoms with Crippen LogP contribution >= 0.6 is 8.79 Å². The zero-order valence-corrected chi connectivity index (χ0v) is 5.46. The van der Waals surface area contributed by atoms with Crippen LogP contribution in [0.3, 0.4) is 0 Å². The Hall–Kier alpha value is 0.647. The van der Waals surface area contributed by atoms with E-state index in [4.69, 9.17) is 0 Å². The molecule has 0 aromatic carbocycles. The van der Waals surface area contributed by atoms with Gasteiger partial charge in [-0.05, 0) is 0 Å². The van der Waals surface area contributed by atoms with Crippen molar-refractivity contribution in [3.8, 4) is 0 Å². The van der Waals surface area contributed by atoms with Crippen LogP contribution in [0.25, 0.3) is 0 Å². The summed E-state index contributed by atoms with van der Waals surface area (Å²) in [6.07, 6.45) is 0. The molecule has 0 aromatic rings. The molecule has 0 bridgehead atoms. The first-order valence-corrected chi connectivity index (χ1v) is 6.46. The normalized spacial score (nSPS) is 9.00. The van der Waals surface area contributed by atoms with Crippen LogP contribution in [-0.4, -0.2) is 8.46 Å². The molecule has 1 unspecified atom stereocenters. The summed E-state index contributed by atoms with van der Waals surface area (Å²) in [5.41, 5.74) is 0. The standard InChI is InChI=1S/C2H9PSi/c1-4(2)3/h4H,3H2,1-2H3. The maximum atomic E-state index is 2.80. The van der Waals surface area contributed by atoms with Crippen molar-refractivity contribution in [1.29, 1.82) is 0 Å². The minimum absolute atomic E-state index is 0.222.